The van der Waals surface area contributed by atoms with Gasteiger partial charge in [0.2, 0.25) is 0 Å². The molecule has 3 heterocycles. The van der Waals surface area contributed by atoms with Gasteiger partial charge in [0.25, 0.3) is 0 Å². The largest absolute Gasteiger partial charge is 0.416 e. The molecule has 0 bridgehead atoms. The third-order valence-electron chi connectivity index (χ3n) is 5.43. The van der Waals surface area contributed by atoms with Crippen molar-refractivity contribution >= 4 is 27.9 Å². The summed E-state index contributed by atoms with van der Waals surface area (Å²) in [6.07, 6.45) is -0.563. The van der Waals surface area contributed by atoms with E-state index in [4.69, 9.17) is 0 Å². The van der Waals surface area contributed by atoms with Crippen LogP contribution < -0.4 is 0 Å². The summed E-state index contributed by atoms with van der Waals surface area (Å²) in [6, 6.07) is 11.9. The highest BCUT2D eigenvalue weighted by Gasteiger charge is 2.30. The van der Waals surface area contributed by atoms with E-state index in [2.05, 4.69) is 20.2 Å². The highest BCUT2D eigenvalue weighted by molar-refractivity contribution is 6.09. The summed E-state index contributed by atoms with van der Waals surface area (Å²) in [5.41, 5.74) is 2.86. The third kappa shape index (κ3) is 3.84. The number of Topliss-reactive ketones (excluding diaryl/α,β-unsaturated/α-hetero) is 1. The van der Waals surface area contributed by atoms with Crippen LogP contribution in [0.1, 0.15) is 28.0 Å². The minimum Gasteiger partial charge on any atom is -0.294 e. The van der Waals surface area contributed by atoms with Gasteiger partial charge in [-0.1, -0.05) is 0 Å². The Hall–Kier alpha value is -4.08. The molecule has 5 aromatic rings. The first kappa shape index (κ1) is 20.8. The highest BCUT2D eigenvalue weighted by Crippen LogP contribution is 2.33. The maximum absolute atomic E-state index is 13.0. The number of aryl methyl sites for hydroxylation is 2. The van der Waals surface area contributed by atoms with E-state index < -0.39 is 11.7 Å². The lowest BCUT2D eigenvalue weighted by atomic mass is 10.0. The summed E-state index contributed by atoms with van der Waals surface area (Å²) in [6.45, 7) is 0. The molecule has 0 spiro atoms. The zero-order chi connectivity index (χ0) is 23.2. The van der Waals surface area contributed by atoms with Gasteiger partial charge in [-0.2, -0.15) is 23.1 Å². The maximum atomic E-state index is 13.0. The molecule has 0 aliphatic carbocycles. The van der Waals surface area contributed by atoms with Gasteiger partial charge in [0, 0.05) is 42.0 Å². The Morgan fingerprint density at radius 3 is 2.52 bits per heavy atom. The van der Waals surface area contributed by atoms with Gasteiger partial charge < -0.3 is 0 Å². The van der Waals surface area contributed by atoms with E-state index in [9.17, 15) is 18.0 Å². The molecule has 7 nitrogen and oxygen atoms in total. The molecule has 0 aliphatic rings. The number of benzene rings is 2. The minimum absolute atomic E-state index is 0.0465. The van der Waals surface area contributed by atoms with E-state index in [0.29, 0.717) is 39.7 Å². The Balaban J connectivity index is 1.55. The number of rotatable bonds is 5. The number of halogens is 3. The average Bonchev–Trinajstić information content (AvgIpc) is 3.32. The number of ketones is 1. The number of hydrogen-bond donors (Lipinski definition) is 0. The SMILES string of the molecule is Cn1nc2c3cc(C(=O)CCc4ccncn4)ccc3n(-c3ccc(C(F)(F)F)cc3)c2n1. The van der Waals surface area contributed by atoms with Gasteiger partial charge in [-0.05, 0) is 55.0 Å². The quantitative estimate of drug-likeness (QED) is 0.368. The van der Waals surface area contributed by atoms with E-state index in [1.807, 2.05) is 0 Å². The summed E-state index contributed by atoms with van der Waals surface area (Å²) >= 11 is 0. The fourth-order valence-corrected chi connectivity index (χ4v) is 3.84. The second-order valence-corrected chi connectivity index (χ2v) is 7.60. The minimum atomic E-state index is -4.42. The van der Waals surface area contributed by atoms with Crippen molar-refractivity contribution in [2.75, 3.05) is 0 Å². The van der Waals surface area contributed by atoms with Crippen molar-refractivity contribution in [3.63, 3.8) is 0 Å². The van der Waals surface area contributed by atoms with Gasteiger partial charge in [0.15, 0.2) is 11.4 Å². The van der Waals surface area contributed by atoms with Crippen LogP contribution in [-0.2, 0) is 19.6 Å². The van der Waals surface area contributed by atoms with Gasteiger partial charge in [-0.25, -0.2) is 9.97 Å². The number of carbonyl (C=O) groups excluding carboxylic acids is 1. The molecule has 10 heteroatoms. The summed E-state index contributed by atoms with van der Waals surface area (Å²) in [5, 5.41) is 9.51. The molecule has 0 fully saturated rings. The maximum Gasteiger partial charge on any atom is 0.416 e. The number of alkyl halides is 3. The molecule has 0 aliphatic heterocycles. The van der Waals surface area contributed by atoms with Crippen LogP contribution in [0, 0.1) is 0 Å². The fraction of sp³-hybridized carbons (Fsp3) is 0.174. The molecule has 0 saturated heterocycles. The van der Waals surface area contributed by atoms with Crippen LogP contribution in [0.3, 0.4) is 0 Å². The summed E-state index contributed by atoms with van der Waals surface area (Å²) < 4.78 is 40.7. The van der Waals surface area contributed by atoms with E-state index in [-0.39, 0.29) is 12.2 Å². The fourth-order valence-electron chi connectivity index (χ4n) is 3.84. The molecule has 166 valence electrons. The molecule has 0 radical (unpaired) electrons. The van der Waals surface area contributed by atoms with Crippen molar-refractivity contribution in [3.05, 3.63) is 77.9 Å². The van der Waals surface area contributed by atoms with E-state index >= 15 is 0 Å². The molecule has 0 unspecified atom stereocenters. The van der Waals surface area contributed by atoms with Crippen LogP contribution in [0.2, 0.25) is 0 Å². The first-order valence-electron chi connectivity index (χ1n) is 10.1. The van der Waals surface area contributed by atoms with Gasteiger partial charge in [-0.15, -0.1) is 5.10 Å². The van der Waals surface area contributed by atoms with Crippen molar-refractivity contribution in [3.8, 4) is 5.69 Å². The molecule has 5 rings (SSSR count). The molecule has 2 aromatic carbocycles. The zero-order valence-electron chi connectivity index (χ0n) is 17.4. The van der Waals surface area contributed by atoms with Gasteiger partial charge >= 0.3 is 6.18 Å². The lowest BCUT2D eigenvalue weighted by Gasteiger charge is -2.10. The number of nitrogens with zero attached hydrogens (tertiary/aromatic N) is 6. The number of carbonyl (C=O) groups is 1. The average molecular weight is 450 g/mol. The lowest BCUT2D eigenvalue weighted by molar-refractivity contribution is -0.137. The highest BCUT2D eigenvalue weighted by atomic mass is 19.4. The summed E-state index contributed by atoms with van der Waals surface area (Å²) in [5.74, 6) is -0.0465. The van der Waals surface area contributed by atoms with E-state index in [0.717, 1.165) is 17.8 Å². The summed E-state index contributed by atoms with van der Waals surface area (Å²) in [7, 11) is 1.67. The van der Waals surface area contributed by atoms with Crippen molar-refractivity contribution in [1.29, 1.82) is 0 Å². The van der Waals surface area contributed by atoms with Crippen LogP contribution in [0.4, 0.5) is 13.2 Å². The molecule has 0 saturated carbocycles. The molecule has 0 amide bonds. The first-order chi connectivity index (χ1) is 15.8. The van der Waals surface area contributed by atoms with Crippen molar-refractivity contribution in [2.24, 2.45) is 7.05 Å². The van der Waals surface area contributed by atoms with Gasteiger partial charge in [0.05, 0.1) is 11.1 Å². The molecule has 0 atom stereocenters. The number of fused-ring (bicyclic) bond motifs is 3. The Morgan fingerprint density at radius 1 is 1.03 bits per heavy atom. The Labute approximate surface area is 185 Å². The normalized spacial score (nSPS) is 12.0. The van der Waals surface area contributed by atoms with E-state index in [1.54, 1.807) is 42.1 Å². The third-order valence-corrected chi connectivity index (χ3v) is 5.43. The molecule has 3 aromatic heterocycles. The monoisotopic (exact) mass is 450 g/mol. The van der Waals surface area contributed by atoms with Crippen molar-refractivity contribution in [1.82, 2.24) is 29.5 Å². The number of aromatic nitrogens is 6. The van der Waals surface area contributed by atoms with Crippen LogP contribution in [0.15, 0.2) is 61.1 Å². The smallest absolute Gasteiger partial charge is 0.294 e. The summed E-state index contributed by atoms with van der Waals surface area (Å²) in [4.78, 5) is 22.2. The van der Waals surface area contributed by atoms with Crippen molar-refractivity contribution < 1.29 is 18.0 Å². The second-order valence-electron chi connectivity index (χ2n) is 7.60. The number of hydrogen-bond acceptors (Lipinski definition) is 5. The zero-order valence-corrected chi connectivity index (χ0v) is 17.4. The molecular formula is C23H17F3N6O. The molecule has 33 heavy (non-hydrogen) atoms. The first-order valence-corrected chi connectivity index (χ1v) is 10.1. The van der Waals surface area contributed by atoms with Crippen molar-refractivity contribution in [2.45, 2.75) is 19.0 Å². The van der Waals surface area contributed by atoms with Crippen LogP contribution in [-0.4, -0.2) is 35.3 Å². The van der Waals surface area contributed by atoms with E-state index in [1.165, 1.54) is 23.3 Å². The Kier molecular flexibility index (Phi) is 4.92. The molecule has 0 N–H and O–H groups in total. The Morgan fingerprint density at radius 2 is 1.82 bits per heavy atom. The van der Waals surface area contributed by atoms with Gasteiger partial charge in [0.1, 0.15) is 11.8 Å². The van der Waals surface area contributed by atoms with Crippen LogP contribution in [0.25, 0.3) is 27.8 Å². The standard InChI is InChI=1S/C23H17F3N6O/c1-31-29-21-18-12-14(20(33)9-5-16-10-11-27-13-28-16)2-8-19(18)32(22(21)30-31)17-6-3-15(4-7-17)23(24,25)26/h2-4,6-8,10-13H,5,9H2,1H3. The second kappa shape index (κ2) is 7.80. The van der Waals surface area contributed by atoms with Crippen LogP contribution >= 0.6 is 0 Å². The predicted octanol–water partition coefficient (Wildman–Crippen LogP) is 4.54. The van der Waals surface area contributed by atoms with Gasteiger partial charge in [-0.3, -0.25) is 9.36 Å². The Bertz CT molecular complexity index is 1470. The lowest BCUT2D eigenvalue weighted by Crippen LogP contribution is -2.05. The molecular weight excluding hydrogens is 433 g/mol. The van der Waals surface area contributed by atoms with Crippen LogP contribution in [0.5, 0.6) is 0 Å². The predicted molar refractivity (Wildman–Crippen MR) is 115 cm³/mol. The topological polar surface area (TPSA) is 78.5 Å².